The van der Waals surface area contributed by atoms with Crippen molar-refractivity contribution in [2.75, 3.05) is 17.7 Å². The molecule has 1 amide bonds. The standard InChI is InChI=1S/C28H27N3O2/c1-19-6-9-21(10-7-19)26-18-20(2)8-15-25(26)28(32)31-23-11-13-24(14-12-23)33-17-16-22-4-3-5-27(29)30-22/h3-15,18H,16-17H2,1-2H3,(H2,29,30)(H,31,32). The number of benzene rings is 3. The van der Waals surface area contributed by atoms with Crippen molar-refractivity contribution in [3.05, 3.63) is 107 Å². The largest absolute Gasteiger partial charge is 0.493 e. The van der Waals surface area contributed by atoms with Crippen LogP contribution < -0.4 is 15.8 Å². The van der Waals surface area contributed by atoms with Crippen LogP contribution in [0.5, 0.6) is 5.75 Å². The third-order valence-electron chi connectivity index (χ3n) is 5.35. The van der Waals surface area contributed by atoms with Gasteiger partial charge in [0.15, 0.2) is 0 Å². The van der Waals surface area contributed by atoms with Gasteiger partial charge in [-0.25, -0.2) is 4.98 Å². The predicted molar refractivity (Wildman–Crippen MR) is 134 cm³/mol. The van der Waals surface area contributed by atoms with Gasteiger partial charge in [0.2, 0.25) is 0 Å². The Hall–Kier alpha value is -4.12. The SMILES string of the molecule is Cc1ccc(-c2cc(C)ccc2C(=O)Nc2ccc(OCCc3cccc(N)n3)cc2)cc1. The molecule has 0 bridgehead atoms. The van der Waals surface area contributed by atoms with Crippen LogP contribution in [0.3, 0.4) is 0 Å². The molecule has 0 saturated heterocycles. The smallest absolute Gasteiger partial charge is 0.256 e. The molecule has 0 saturated carbocycles. The summed E-state index contributed by atoms with van der Waals surface area (Å²) in [5.41, 5.74) is 12.2. The molecule has 1 aromatic heterocycles. The molecule has 0 aliphatic carbocycles. The van der Waals surface area contributed by atoms with E-state index in [9.17, 15) is 4.79 Å². The Morgan fingerprint density at radius 3 is 2.36 bits per heavy atom. The van der Waals surface area contributed by atoms with Crippen molar-refractivity contribution >= 4 is 17.4 Å². The average molecular weight is 438 g/mol. The van der Waals surface area contributed by atoms with E-state index in [-0.39, 0.29) is 5.91 Å². The zero-order valence-electron chi connectivity index (χ0n) is 18.8. The summed E-state index contributed by atoms with van der Waals surface area (Å²) in [4.78, 5) is 17.3. The second-order valence-electron chi connectivity index (χ2n) is 8.05. The summed E-state index contributed by atoms with van der Waals surface area (Å²) in [7, 11) is 0. The predicted octanol–water partition coefficient (Wildman–Crippen LogP) is 5.82. The van der Waals surface area contributed by atoms with Gasteiger partial charge in [-0.3, -0.25) is 4.79 Å². The lowest BCUT2D eigenvalue weighted by Crippen LogP contribution is -2.13. The van der Waals surface area contributed by atoms with Gasteiger partial charge in [0.1, 0.15) is 11.6 Å². The summed E-state index contributed by atoms with van der Waals surface area (Å²) >= 11 is 0. The molecule has 0 radical (unpaired) electrons. The summed E-state index contributed by atoms with van der Waals surface area (Å²) in [6, 6.07) is 27.0. The van der Waals surface area contributed by atoms with E-state index in [0.29, 0.717) is 30.1 Å². The molecule has 0 atom stereocenters. The van der Waals surface area contributed by atoms with Crippen LogP contribution in [-0.2, 0) is 6.42 Å². The van der Waals surface area contributed by atoms with E-state index in [1.165, 1.54) is 5.56 Å². The number of hydrogen-bond acceptors (Lipinski definition) is 4. The van der Waals surface area contributed by atoms with E-state index in [4.69, 9.17) is 10.5 Å². The molecule has 4 aromatic rings. The lowest BCUT2D eigenvalue weighted by Gasteiger charge is -2.13. The van der Waals surface area contributed by atoms with E-state index < -0.39 is 0 Å². The fourth-order valence-electron chi connectivity index (χ4n) is 3.57. The highest BCUT2D eigenvalue weighted by Gasteiger charge is 2.13. The lowest BCUT2D eigenvalue weighted by molar-refractivity contribution is 0.102. The second kappa shape index (κ2) is 10.0. The van der Waals surface area contributed by atoms with Crippen molar-refractivity contribution in [2.24, 2.45) is 0 Å². The molecule has 3 aromatic carbocycles. The van der Waals surface area contributed by atoms with Crippen LogP contribution in [0.2, 0.25) is 0 Å². The zero-order chi connectivity index (χ0) is 23.2. The molecular formula is C28H27N3O2. The highest BCUT2D eigenvalue weighted by atomic mass is 16.5. The van der Waals surface area contributed by atoms with Crippen molar-refractivity contribution in [1.29, 1.82) is 0 Å². The normalized spacial score (nSPS) is 10.6. The topological polar surface area (TPSA) is 77.2 Å². The van der Waals surface area contributed by atoms with Gasteiger partial charge in [-0.05, 0) is 67.4 Å². The third-order valence-corrected chi connectivity index (χ3v) is 5.35. The van der Waals surface area contributed by atoms with Crippen LogP contribution in [0.1, 0.15) is 27.2 Å². The van der Waals surface area contributed by atoms with E-state index in [1.807, 2.05) is 73.7 Å². The fourth-order valence-corrected chi connectivity index (χ4v) is 3.57. The number of rotatable bonds is 7. The Labute approximate surface area is 194 Å². The number of nitrogens with zero attached hydrogens (tertiary/aromatic N) is 1. The number of nitrogen functional groups attached to an aromatic ring is 1. The molecule has 5 nitrogen and oxygen atoms in total. The van der Waals surface area contributed by atoms with Crippen molar-refractivity contribution in [2.45, 2.75) is 20.3 Å². The summed E-state index contributed by atoms with van der Waals surface area (Å²) in [5.74, 6) is 1.09. The lowest BCUT2D eigenvalue weighted by atomic mass is 9.96. The number of carbonyl (C=O) groups excluding carboxylic acids is 1. The monoisotopic (exact) mass is 437 g/mol. The first kappa shape index (κ1) is 22.1. The van der Waals surface area contributed by atoms with Crippen molar-refractivity contribution in [3.63, 3.8) is 0 Å². The van der Waals surface area contributed by atoms with Gasteiger partial charge in [0.25, 0.3) is 5.91 Å². The van der Waals surface area contributed by atoms with Crippen molar-refractivity contribution in [1.82, 2.24) is 4.98 Å². The first-order valence-electron chi connectivity index (χ1n) is 10.9. The van der Waals surface area contributed by atoms with Crippen LogP contribution in [0.25, 0.3) is 11.1 Å². The summed E-state index contributed by atoms with van der Waals surface area (Å²) in [6.07, 6.45) is 0.665. The first-order chi connectivity index (χ1) is 16.0. The van der Waals surface area contributed by atoms with Crippen LogP contribution in [0.15, 0.2) is 84.9 Å². The molecule has 0 unspecified atom stereocenters. The Morgan fingerprint density at radius 1 is 0.909 bits per heavy atom. The van der Waals surface area contributed by atoms with Gasteiger partial charge in [-0.1, -0.05) is 53.6 Å². The maximum atomic E-state index is 13.1. The molecule has 166 valence electrons. The number of aryl methyl sites for hydroxylation is 2. The molecule has 0 aliphatic heterocycles. The fraction of sp³-hybridized carbons (Fsp3) is 0.143. The first-order valence-corrected chi connectivity index (χ1v) is 10.9. The number of nitrogens with one attached hydrogen (secondary N) is 1. The van der Waals surface area contributed by atoms with Crippen LogP contribution >= 0.6 is 0 Å². The molecule has 0 aliphatic rings. The Kier molecular flexibility index (Phi) is 6.69. The van der Waals surface area contributed by atoms with Crippen LogP contribution in [0, 0.1) is 13.8 Å². The number of nitrogens with two attached hydrogens (primary N) is 1. The molecule has 1 heterocycles. The maximum Gasteiger partial charge on any atom is 0.256 e. The third kappa shape index (κ3) is 5.77. The molecule has 3 N–H and O–H groups in total. The molecule has 5 heteroatoms. The molecule has 0 spiro atoms. The Morgan fingerprint density at radius 2 is 1.64 bits per heavy atom. The minimum Gasteiger partial charge on any atom is -0.493 e. The van der Waals surface area contributed by atoms with E-state index >= 15 is 0 Å². The summed E-state index contributed by atoms with van der Waals surface area (Å²) < 4.78 is 5.80. The number of amides is 1. The molecule has 33 heavy (non-hydrogen) atoms. The summed E-state index contributed by atoms with van der Waals surface area (Å²) in [6.45, 7) is 4.57. The van der Waals surface area contributed by atoms with Crippen molar-refractivity contribution < 1.29 is 9.53 Å². The van der Waals surface area contributed by atoms with Crippen LogP contribution in [-0.4, -0.2) is 17.5 Å². The quantitative estimate of drug-likeness (QED) is 0.382. The average Bonchev–Trinajstić information content (AvgIpc) is 2.81. The molecular weight excluding hydrogens is 410 g/mol. The zero-order valence-corrected chi connectivity index (χ0v) is 18.8. The van der Waals surface area contributed by atoms with Gasteiger partial charge in [0.05, 0.1) is 6.61 Å². The van der Waals surface area contributed by atoms with E-state index in [1.54, 1.807) is 6.07 Å². The van der Waals surface area contributed by atoms with E-state index in [0.717, 1.165) is 28.1 Å². The minimum atomic E-state index is -0.146. The maximum absolute atomic E-state index is 13.1. The Balaban J connectivity index is 1.41. The highest BCUT2D eigenvalue weighted by Crippen LogP contribution is 2.27. The van der Waals surface area contributed by atoms with Gasteiger partial charge >= 0.3 is 0 Å². The highest BCUT2D eigenvalue weighted by molar-refractivity contribution is 6.08. The molecule has 4 rings (SSSR count). The molecule has 0 fully saturated rings. The number of hydrogen-bond donors (Lipinski definition) is 2. The number of carbonyl (C=O) groups is 1. The van der Waals surface area contributed by atoms with Gasteiger partial charge in [-0.2, -0.15) is 0 Å². The second-order valence-corrected chi connectivity index (χ2v) is 8.05. The van der Waals surface area contributed by atoms with Gasteiger partial charge in [0, 0.05) is 23.4 Å². The van der Waals surface area contributed by atoms with Crippen LogP contribution in [0.4, 0.5) is 11.5 Å². The Bertz CT molecular complexity index is 1250. The number of ether oxygens (including phenoxy) is 1. The van der Waals surface area contributed by atoms with Gasteiger partial charge < -0.3 is 15.8 Å². The number of aromatic nitrogens is 1. The van der Waals surface area contributed by atoms with Gasteiger partial charge in [-0.15, -0.1) is 0 Å². The number of pyridine rings is 1. The van der Waals surface area contributed by atoms with E-state index in [2.05, 4.69) is 29.4 Å². The van der Waals surface area contributed by atoms with Crippen molar-refractivity contribution in [3.8, 4) is 16.9 Å². The summed E-state index contributed by atoms with van der Waals surface area (Å²) in [5, 5.41) is 3.00. The number of anilines is 2. The minimum absolute atomic E-state index is 0.146.